The van der Waals surface area contributed by atoms with Gasteiger partial charge in [-0.25, -0.2) is 4.98 Å². The molecular formula is C12H15NO3. The summed E-state index contributed by atoms with van der Waals surface area (Å²) in [5.74, 6) is 1.02. The average molecular weight is 221 g/mol. The van der Waals surface area contributed by atoms with E-state index < -0.39 is 0 Å². The maximum Gasteiger partial charge on any atom is 0.308 e. The zero-order chi connectivity index (χ0) is 11.5. The molecule has 4 heteroatoms. The molecule has 1 aromatic rings. The number of carbonyl (C=O) groups excluding carboxylic acids is 1. The summed E-state index contributed by atoms with van der Waals surface area (Å²) in [5, 5.41) is 0. The average Bonchev–Trinajstić information content (AvgIpc) is 2.27. The second-order valence-corrected chi connectivity index (χ2v) is 4.02. The fraction of sp³-hybridized carbons (Fsp3) is 0.500. The number of methoxy groups -OCH3 is 2. The van der Waals surface area contributed by atoms with E-state index in [0.29, 0.717) is 11.8 Å². The maximum absolute atomic E-state index is 11.2. The smallest absolute Gasteiger partial charge is 0.308 e. The molecule has 4 nitrogen and oxygen atoms in total. The molecule has 0 amide bonds. The van der Waals surface area contributed by atoms with Gasteiger partial charge in [-0.2, -0.15) is 0 Å². The quantitative estimate of drug-likeness (QED) is 0.730. The summed E-state index contributed by atoms with van der Waals surface area (Å²) in [6, 6.07) is 3.90. The summed E-state index contributed by atoms with van der Waals surface area (Å²) in [7, 11) is 3.04. The van der Waals surface area contributed by atoms with Crippen molar-refractivity contribution in [3.8, 4) is 5.88 Å². The number of rotatable bonds is 3. The molecule has 2 rings (SSSR count). The molecule has 86 valence electrons. The summed E-state index contributed by atoms with van der Waals surface area (Å²) in [6.45, 7) is 0. The molecule has 0 atom stereocenters. The van der Waals surface area contributed by atoms with Gasteiger partial charge in [-0.05, 0) is 30.4 Å². The highest BCUT2D eigenvalue weighted by Gasteiger charge is 2.36. The van der Waals surface area contributed by atoms with Crippen molar-refractivity contribution in [3.63, 3.8) is 0 Å². The van der Waals surface area contributed by atoms with Gasteiger partial charge in [-0.1, -0.05) is 0 Å². The Hall–Kier alpha value is -1.58. The van der Waals surface area contributed by atoms with Crippen molar-refractivity contribution in [2.24, 2.45) is 5.92 Å². The lowest BCUT2D eigenvalue weighted by Crippen LogP contribution is -2.29. The number of hydrogen-bond acceptors (Lipinski definition) is 4. The van der Waals surface area contributed by atoms with Crippen molar-refractivity contribution < 1.29 is 14.3 Å². The second-order valence-electron chi connectivity index (χ2n) is 4.02. The molecule has 1 aromatic heterocycles. The molecule has 1 heterocycles. The number of hydrogen-bond donors (Lipinski definition) is 0. The minimum Gasteiger partial charge on any atom is -0.481 e. The molecule has 1 saturated carbocycles. The first-order valence-corrected chi connectivity index (χ1v) is 5.32. The lowest BCUT2D eigenvalue weighted by molar-refractivity contribution is -0.148. The predicted octanol–water partition coefficient (Wildman–Crippen LogP) is 1.76. The van der Waals surface area contributed by atoms with Crippen LogP contribution in [0.2, 0.25) is 0 Å². The van der Waals surface area contributed by atoms with E-state index in [1.807, 2.05) is 12.1 Å². The van der Waals surface area contributed by atoms with E-state index in [1.165, 1.54) is 12.7 Å². The van der Waals surface area contributed by atoms with Crippen molar-refractivity contribution in [1.29, 1.82) is 0 Å². The summed E-state index contributed by atoms with van der Waals surface area (Å²) in [4.78, 5) is 15.3. The van der Waals surface area contributed by atoms with Crippen LogP contribution in [0.1, 0.15) is 24.3 Å². The van der Waals surface area contributed by atoms with Crippen molar-refractivity contribution in [3.05, 3.63) is 23.9 Å². The lowest BCUT2D eigenvalue weighted by atomic mass is 9.71. The van der Waals surface area contributed by atoms with Crippen molar-refractivity contribution in [2.45, 2.75) is 18.8 Å². The normalized spacial score (nSPS) is 23.4. The van der Waals surface area contributed by atoms with Crippen LogP contribution in [0.3, 0.4) is 0 Å². The number of nitrogens with zero attached hydrogens (tertiary/aromatic N) is 1. The van der Waals surface area contributed by atoms with E-state index in [2.05, 4.69) is 4.98 Å². The third-order valence-electron chi connectivity index (χ3n) is 3.11. The third kappa shape index (κ3) is 2.01. The van der Waals surface area contributed by atoms with Crippen LogP contribution >= 0.6 is 0 Å². The molecule has 0 spiro atoms. The van der Waals surface area contributed by atoms with Crippen molar-refractivity contribution in [1.82, 2.24) is 4.98 Å². The molecule has 0 aliphatic heterocycles. The van der Waals surface area contributed by atoms with E-state index in [-0.39, 0.29) is 11.9 Å². The number of carbonyl (C=O) groups is 1. The van der Waals surface area contributed by atoms with Crippen LogP contribution in [-0.4, -0.2) is 25.2 Å². The van der Waals surface area contributed by atoms with Crippen molar-refractivity contribution in [2.75, 3.05) is 14.2 Å². The minimum atomic E-state index is -0.0997. The standard InChI is InChI=1S/C12H15NO3/c1-15-11-7-8(3-4-13-11)9-5-10(6-9)12(14)16-2/h3-4,7,9-10H,5-6H2,1-2H3. The van der Waals surface area contributed by atoms with Gasteiger partial charge in [0.15, 0.2) is 0 Å². The Kier molecular flexibility index (Phi) is 3.08. The van der Waals surface area contributed by atoms with Crippen LogP contribution in [0.4, 0.5) is 0 Å². The highest BCUT2D eigenvalue weighted by Crippen LogP contribution is 2.42. The molecule has 0 bridgehead atoms. The molecule has 0 N–H and O–H groups in total. The van der Waals surface area contributed by atoms with Gasteiger partial charge in [-0.15, -0.1) is 0 Å². The summed E-state index contributed by atoms with van der Waals surface area (Å²) in [5.41, 5.74) is 1.19. The van der Waals surface area contributed by atoms with Gasteiger partial charge in [0.25, 0.3) is 0 Å². The molecule has 0 radical (unpaired) electrons. The number of aromatic nitrogens is 1. The van der Waals surface area contributed by atoms with Crippen LogP contribution in [0.25, 0.3) is 0 Å². The third-order valence-corrected chi connectivity index (χ3v) is 3.11. The number of pyridine rings is 1. The predicted molar refractivity (Wildman–Crippen MR) is 58.3 cm³/mol. The first-order valence-electron chi connectivity index (χ1n) is 5.32. The van der Waals surface area contributed by atoms with E-state index in [1.54, 1.807) is 13.3 Å². The van der Waals surface area contributed by atoms with Gasteiger partial charge in [0.05, 0.1) is 20.1 Å². The molecule has 1 aliphatic carbocycles. The van der Waals surface area contributed by atoms with Gasteiger partial charge in [0.2, 0.25) is 5.88 Å². The Morgan fingerprint density at radius 2 is 2.19 bits per heavy atom. The summed E-state index contributed by atoms with van der Waals surface area (Å²) in [6.07, 6.45) is 3.46. The van der Waals surface area contributed by atoms with Gasteiger partial charge >= 0.3 is 5.97 Å². The SMILES string of the molecule is COC(=O)C1CC(c2ccnc(OC)c2)C1. The van der Waals surface area contributed by atoms with E-state index >= 15 is 0 Å². The molecular weight excluding hydrogens is 206 g/mol. The van der Waals surface area contributed by atoms with E-state index in [4.69, 9.17) is 9.47 Å². The largest absolute Gasteiger partial charge is 0.481 e. The zero-order valence-corrected chi connectivity index (χ0v) is 9.47. The lowest BCUT2D eigenvalue weighted by Gasteiger charge is -2.33. The Balaban J connectivity index is 1.98. The van der Waals surface area contributed by atoms with Gasteiger partial charge < -0.3 is 9.47 Å². The fourth-order valence-corrected chi connectivity index (χ4v) is 2.04. The molecule has 0 unspecified atom stereocenters. The molecule has 0 aromatic carbocycles. The maximum atomic E-state index is 11.2. The van der Waals surface area contributed by atoms with Crippen molar-refractivity contribution >= 4 is 5.97 Å². The first-order chi connectivity index (χ1) is 7.74. The van der Waals surface area contributed by atoms with Gasteiger partial charge in [0.1, 0.15) is 0 Å². The Morgan fingerprint density at radius 1 is 1.44 bits per heavy atom. The van der Waals surface area contributed by atoms with Crippen LogP contribution in [0, 0.1) is 5.92 Å². The van der Waals surface area contributed by atoms with Gasteiger partial charge in [0, 0.05) is 12.3 Å². The van der Waals surface area contributed by atoms with E-state index in [0.717, 1.165) is 12.8 Å². The second kappa shape index (κ2) is 4.51. The monoisotopic (exact) mass is 221 g/mol. The number of ether oxygens (including phenoxy) is 2. The zero-order valence-electron chi connectivity index (χ0n) is 9.47. The Labute approximate surface area is 94.6 Å². The number of esters is 1. The molecule has 1 aliphatic rings. The highest BCUT2D eigenvalue weighted by molar-refractivity contribution is 5.73. The van der Waals surface area contributed by atoms with Gasteiger partial charge in [-0.3, -0.25) is 4.79 Å². The molecule has 1 fully saturated rings. The molecule has 16 heavy (non-hydrogen) atoms. The summed E-state index contributed by atoms with van der Waals surface area (Å²) < 4.78 is 9.77. The molecule has 0 saturated heterocycles. The highest BCUT2D eigenvalue weighted by atomic mass is 16.5. The minimum absolute atomic E-state index is 0.0640. The Bertz CT molecular complexity index is 386. The summed E-state index contributed by atoms with van der Waals surface area (Å²) >= 11 is 0. The van der Waals surface area contributed by atoms with Crippen LogP contribution < -0.4 is 4.74 Å². The first kappa shape index (κ1) is 10.9. The van der Waals surface area contributed by atoms with Crippen LogP contribution in [0.5, 0.6) is 5.88 Å². The topological polar surface area (TPSA) is 48.4 Å². The van der Waals surface area contributed by atoms with E-state index in [9.17, 15) is 4.79 Å². The fourth-order valence-electron chi connectivity index (χ4n) is 2.04. The van der Waals surface area contributed by atoms with Crippen LogP contribution in [0.15, 0.2) is 18.3 Å². The van der Waals surface area contributed by atoms with Crippen LogP contribution in [-0.2, 0) is 9.53 Å². The Morgan fingerprint density at radius 3 is 2.81 bits per heavy atom.